The molecule has 16 nitrogen and oxygen atoms in total. The van der Waals surface area contributed by atoms with Crippen LogP contribution >= 0.6 is 11.8 Å². The van der Waals surface area contributed by atoms with Gasteiger partial charge in [-0.3, -0.25) is 28.8 Å². The van der Waals surface area contributed by atoms with E-state index in [9.17, 15) is 33.9 Å². The summed E-state index contributed by atoms with van der Waals surface area (Å²) in [6.07, 6.45) is 12.3. The third-order valence-electron chi connectivity index (χ3n) is 11.2. The van der Waals surface area contributed by atoms with Gasteiger partial charge in [0.05, 0.1) is 49.7 Å². The molecule has 17 heteroatoms. The highest BCUT2D eigenvalue weighted by molar-refractivity contribution is 7.99. The second-order valence-corrected chi connectivity index (χ2v) is 17.6. The summed E-state index contributed by atoms with van der Waals surface area (Å²) in [5, 5.41) is 25.3. The first-order valence-corrected chi connectivity index (χ1v) is 23.3. The van der Waals surface area contributed by atoms with Crippen molar-refractivity contribution < 1.29 is 52.8 Å². The molecule has 3 saturated heterocycles. The number of epoxide rings is 1. The Bertz CT molecular complexity index is 1800. The van der Waals surface area contributed by atoms with Gasteiger partial charge >= 0.3 is 5.97 Å². The Morgan fingerprint density at radius 3 is 2.40 bits per heavy atom. The molecule has 6 N–H and O–H groups in total. The molecule has 3 aliphatic heterocycles. The Morgan fingerprint density at radius 1 is 0.952 bits per heavy atom. The van der Waals surface area contributed by atoms with Crippen molar-refractivity contribution in [1.82, 2.24) is 21.3 Å². The number of carbonyl (C=O) groups excluding carboxylic acids is 6. The zero-order valence-electron chi connectivity index (χ0n) is 37.4. The lowest BCUT2D eigenvalue weighted by molar-refractivity contribution is -0.145. The first-order valence-electron chi connectivity index (χ1n) is 21.9. The Hall–Kier alpha value is -4.55. The number of rotatable bonds is 23. The van der Waals surface area contributed by atoms with Crippen LogP contribution in [0.3, 0.4) is 0 Å². The molecule has 0 radical (unpaired) electrons. The van der Waals surface area contributed by atoms with Crippen LogP contribution in [0, 0.1) is 5.92 Å². The highest BCUT2D eigenvalue weighted by atomic mass is 32.2. The lowest BCUT2D eigenvalue weighted by atomic mass is 9.87. The van der Waals surface area contributed by atoms with E-state index in [2.05, 4.69) is 39.6 Å². The SMILES string of the molecule is CSCC(=O)NCCCCCC(=O)NCC(=O)Nc1ccc(CNC(=O)C[C@@H]2C[C@@]3(CO3)[C@H](O)[C@@H](/C=C/C(C)=C/C[C@@H]3O[C@H](C)[C@H](NC(=O)/C=C\[C@H](C)OC(C)=O)C[C@@H]3C)O2)cc1. The van der Waals surface area contributed by atoms with E-state index in [0.29, 0.717) is 50.3 Å². The number of benzene rings is 1. The number of carbonyl (C=O) groups is 6. The van der Waals surface area contributed by atoms with Crippen LogP contribution < -0.4 is 26.6 Å². The van der Waals surface area contributed by atoms with Gasteiger partial charge in [0.1, 0.15) is 23.9 Å². The Labute approximate surface area is 375 Å². The molecule has 4 rings (SSSR count). The number of aliphatic hydroxyl groups excluding tert-OH is 1. The minimum atomic E-state index is -0.877. The van der Waals surface area contributed by atoms with Gasteiger partial charge in [-0.25, -0.2) is 0 Å². The number of nitrogens with one attached hydrogen (secondary N) is 5. The van der Waals surface area contributed by atoms with Crippen molar-refractivity contribution in [2.24, 2.45) is 5.92 Å². The van der Waals surface area contributed by atoms with E-state index < -0.39 is 36.0 Å². The maximum Gasteiger partial charge on any atom is 0.303 e. The van der Waals surface area contributed by atoms with Crippen molar-refractivity contribution in [3.8, 4) is 0 Å². The summed E-state index contributed by atoms with van der Waals surface area (Å²) >= 11 is 1.47. The molecule has 1 spiro atoms. The van der Waals surface area contributed by atoms with E-state index >= 15 is 0 Å². The van der Waals surface area contributed by atoms with Crippen LogP contribution in [-0.4, -0.2) is 121 Å². The summed E-state index contributed by atoms with van der Waals surface area (Å²) in [5.74, 6) is -0.831. The second-order valence-electron chi connectivity index (χ2n) is 16.7. The first kappa shape index (κ1) is 51.1. The molecule has 3 aliphatic rings. The number of hydrogen-bond donors (Lipinski definition) is 6. The molecule has 63 heavy (non-hydrogen) atoms. The van der Waals surface area contributed by atoms with Gasteiger partial charge in [-0.15, -0.1) is 0 Å². The third kappa shape index (κ3) is 18.2. The number of amides is 5. The van der Waals surface area contributed by atoms with Gasteiger partial charge in [-0.2, -0.15) is 11.8 Å². The number of allylic oxidation sites excluding steroid dienone is 2. The summed E-state index contributed by atoms with van der Waals surface area (Å²) in [5.41, 5.74) is 1.61. The van der Waals surface area contributed by atoms with Gasteiger partial charge in [-0.1, -0.05) is 49.3 Å². The quantitative estimate of drug-likeness (QED) is 0.0304. The molecule has 1 aromatic rings. The molecule has 1 aromatic carbocycles. The van der Waals surface area contributed by atoms with Crippen molar-refractivity contribution in [1.29, 1.82) is 0 Å². The minimum Gasteiger partial charge on any atom is -0.459 e. The Kier molecular flexibility index (Phi) is 20.8. The number of hydrogen-bond acceptors (Lipinski definition) is 12. The first-order chi connectivity index (χ1) is 30.0. The van der Waals surface area contributed by atoms with Crippen LogP contribution in [0.2, 0.25) is 0 Å². The highest BCUT2D eigenvalue weighted by Crippen LogP contribution is 2.43. The zero-order valence-corrected chi connectivity index (χ0v) is 38.3. The standard InChI is InChI=1S/C46H67N5O11S/c1-29(11-18-38-30(2)22-37(32(4)61-38)51-41(54)20-13-31(3)60-33(5)52)12-19-39-45(58)46(28-59-46)24-36(62-39)23-42(55)48-25-34-14-16-35(17-15-34)50-43(56)26-49-40(53)10-8-7-9-21-47-44(57)27-63-6/h11-17,19-20,30-32,36-39,45,58H,7-10,18,21-28H2,1-6H3,(H,47,57)(H,48,55)(H,49,53)(H,50,56)(H,51,54)/b19-12+,20-13-,29-11+/t30-,31-,32+,36+,37+,38-,39+,45+,46+/m0/s1. The van der Waals surface area contributed by atoms with E-state index in [1.165, 1.54) is 24.8 Å². The van der Waals surface area contributed by atoms with E-state index in [-0.39, 0.29) is 73.2 Å². The summed E-state index contributed by atoms with van der Waals surface area (Å²) in [6, 6.07) is 6.89. The van der Waals surface area contributed by atoms with Crippen LogP contribution in [0.25, 0.3) is 0 Å². The monoisotopic (exact) mass is 897 g/mol. The van der Waals surface area contributed by atoms with Crippen molar-refractivity contribution in [3.05, 3.63) is 65.8 Å². The molecule has 3 heterocycles. The van der Waals surface area contributed by atoms with Gasteiger partial charge < -0.3 is 50.6 Å². The lowest BCUT2D eigenvalue weighted by Crippen LogP contribution is -2.50. The summed E-state index contributed by atoms with van der Waals surface area (Å²) in [6.45, 7) is 10.1. The van der Waals surface area contributed by atoms with Crippen LogP contribution in [0.15, 0.2) is 60.2 Å². The molecule has 0 saturated carbocycles. The Morgan fingerprint density at radius 2 is 1.70 bits per heavy atom. The molecule has 0 aromatic heterocycles. The zero-order chi connectivity index (χ0) is 45.9. The second kappa shape index (κ2) is 25.7. The lowest BCUT2D eigenvalue weighted by Gasteiger charge is -2.39. The molecule has 9 atom stereocenters. The van der Waals surface area contributed by atoms with Crippen LogP contribution in [0.4, 0.5) is 5.69 Å². The van der Waals surface area contributed by atoms with Crippen LogP contribution in [-0.2, 0) is 54.3 Å². The molecule has 0 aliphatic carbocycles. The fourth-order valence-corrected chi connectivity index (χ4v) is 7.91. The minimum absolute atomic E-state index is 0.00851. The molecule has 0 unspecified atom stereocenters. The maximum absolute atomic E-state index is 13.0. The number of aliphatic hydroxyl groups is 1. The van der Waals surface area contributed by atoms with Crippen LogP contribution in [0.5, 0.6) is 0 Å². The van der Waals surface area contributed by atoms with E-state index in [4.69, 9.17) is 18.9 Å². The maximum atomic E-state index is 13.0. The van der Waals surface area contributed by atoms with E-state index in [1.54, 1.807) is 37.3 Å². The molecule has 0 bridgehead atoms. The molecule has 5 amide bonds. The third-order valence-corrected chi connectivity index (χ3v) is 11.7. The number of ether oxygens (including phenoxy) is 4. The molecule has 3 fully saturated rings. The molecular weight excluding hydrogens is 831 g/mol. The largest absolute Gasteiger partial charge is 0.459 e. The Balaban J connectivity index is 1.15. The van der Waals surface area contributed by atoms with E-state index in [1.807, 2.05) is 32.3 Å². The number of thioether (sulfide) groups is 1. The van der Waals surface area contributed by atoms with Gasteiger partial charge in [0.2, 0.25) is 29.5 Å². The van der Waals surface area contributed by atoms with Crippen LogP contribution in [0.1, 0.15) is 91.5 Å². The van der Waals surface area contributed by atoms with Crippen molar-refractivity contribution in [3.63, 3.8) is 0 Å². The molecule has 348 valence electrons. The fraction of sp³-hybridized carbons (Fsp3) is 0.609. The predicted octanol–water partition coefficient (Wildman–Crippen LogP) is 3.77. The number of esters is 1. The topological polar surface area (TPSA) is 223 Å². The summed E-state index contributed by atoms with van der Waals surface area (Å²) in [4.78, 5) is 72.7. The van der Waals surface area contributed by atoms with Gasteiger partial charge in [0, 0.05) is 44.6 Å². The van der Waals surface area contributed by atoms with Gasteiger partial charge in [-0.05, 0) is 82.4 Å². The van der Waals surface area contributed by atoms with Gasteiger partial charge in [0.25, 0.3) is 0 Å². The van der Waals surface area contributed by atoms with Crippen molar-refractivity contribution >= 4 is 53.0 Å². The predicted molar refractivity (Wildman–Crippen MR) is 240 cm³/mol. The smallest absolute Gasteiger partial charge is 0.303 e. The highest BCUT2D eigenvalue weighted by Gasteiger charge is 2.58. The van der Waals surface area contributed by atoms with Crippen molar-refractivity contribution in [2.45, 2.75) is 141 Å². The number of unbranched alkanes of at least 4 members (excludes halogenated alkanes) is 2. The summed E-state index contributed by atoms with van der Waals surface area (Å²) in [7, 11) is 0. The fourth-order valence-electron chi connectivity index (χ4n) is 7.54. The van der Waals surface area contributed by atoms with E-state index in [0.717, 1.165) is 30.4 Å². The average molecular weight is 898 g/mol. The van der Waals surface area contributed by atoms with Crippen molar-refractivity contribution in [2.75, 3.05) is 37.0 Å². The average Bonchev–Trinajstić information content (AvgIpc) is 4.01. The van der Waals surface area contributed by atoms with Gasteiger partial charge in [0.15, 0.2) is 0 Å². The summed E-state index contributed by atoms with van der Waals surface area (Å²) < 4.78 is 23.3. The molecular formula is C46H67N5O11S. The normalized spacial score (nSPS) is 26.2. The number of anilines is 1.